The number of carboxylic acids is 1. The first kappa shape index (κ1) is 14.4. The van der Waals surface area contributed by atoms with Gasteiger partial charge in [0.05, 0.1) is 11.0 Å². The van der Waals surface area contributed by atoms with Crippen LogP contribution in [0.25, 0.3) is 0 Å². The molecular weight excluding hydrogens is 192 g/mol. The summed E-state index contributed by atoms with van der Waals surface area (Å²) in [7, 11) is 0. The minimum atomic E-state index is -1.16. The van der Waals surface area contributed by atoms with E-state index in [1.807, 2.05) is 27.7 Å². The predicted octanol–water partition coefficient (Wildman–Crippen LogP) is 2.53. The second-order valence-corrected chi connectivity index (χ2v) is 5.61. The molecule has 3 heteroatoms. The highest BCUT2D eigenvalue weighted by Gasteiger charge is 2.50. The van der Waals surface area contributed by atoms with Gasteiger partial charge in [-0.2, -0.15) is 0 Å². The van der Waals surface area contributed by atoms with Crippen LogP contribution < -0.4 is 0 Å². The number of hydrogen-bond donors (Lipinski definition) is 2. The molecule has 0 aromatic heterocycles. The summed E-state index contributed by atoms with van der Waals surface area (Å²) in [5.41, 5.74) is -2.28. The van der Waals surface area contributed by atoms with Gasteiger partial charge in [0.1, 0.15) is 0 Å². The third kappa shape index (κ3) is 2.71. The smallest absolute Gasteiger partial charge is 0.312 e. The summed E-state index contributed by atoms with van der Waals surface area (Å²) in [5.74, 6) is -0.749. The van der Waals surface area contributed by atoms with Crippen molar-refractivity contribution in [3.63, 3.8) is 0 Å². The summed E-state index contributed by atoms with van der Waals surface area (Å²) in [5, 5.41) is 19.8. The Morgan fingerprint density at radius 3 is 1.80 bits per heavy atom. The van der Waals surface area contributed by atoms with Gasteiger partial charge in [0.15, 0.2) is 0 Å². The normalized spacial score (nSPS) is 16.9. The Morgan fingerprint density at radius 2 is 1.60 bits per heavy atom. The molecule has 15 heavy (non-hydrogen) atoms. The van der Waals surface area contributed by atoms with E-state index in [0.717, 1.165) is 0 Å². The van der Waals surface area contributed by atoms with Gasteiger partial charge in [-0.15, -0.1) is 0 Å². The quantitative estimate of drug-likeness (QED) is 0.742. The van der Waals surface area contributed by atoms with E-state index in [0.29, 0.717) is 6.42 Å². The Bertz CT molecular complexity index is 231. The standard InChI is InChI=1S/C12H24O3/c1-8(2)7-12(15,9(3)4)11(5,6)10(13)14/h8-9,15H,7H2,1-6H3,(H,13,14). The molecule has 0 heterocycles. The molecule has 0 radical (unpaired) electrons. The summed E-state index contributed by atoms with van der Waals surface area (Å²) in [6.45, 7) is 10.9. The number of rotatable bonds is 5. The van der Waals surface area contributed by atoms with E-state index in [1.54, 1.807) is 13.8 Å². The van der Waals surface area contributed by atoms with Gasteiger partial charge in [-0.1, -0.05) is 27.7 Å². The molecular formula is C12H24O3. The van der Waals surface area contributed by atoms with Gasteiger partial charge in [0.25, 0.3) is 0 Å². The molecule has 0 aliphatic carbocycles. The number of carbonyl (C=O) groups is 1. The monoisotopic (exact) mass is 216 g/mol. The fourth-order valence-corrected chi connectivity index (χ4v) is 2.02. The van der Waals surface area contributed by atoms with Gasteiger partial charge in [0.2, 0.25) is 0 Å². The fourth-order valence-electron chi connectivity index (χ4n) is 2.02. The van der Waals surface area contributed by atoms with Crippen LogP contribution in [0, 0.1) is 17.3 Å². The highest BCUT2D eigenvalue weighted by atomic mass is 16.4. The Morgan fingerprint density at radius 1 is 1.20 bits per heavy atom. The average Bonchev–Trinajstić information content (AvgIpc) is 2.01. The van der Waals surface area contributed by atoms with E-state index in [9.17, 15) is 15.0 Å². The summed E-state index contributed by atoms with van der Waals surface area (Å²) < 4.78 is 0. The number of aliphatic hydroxyl groups is 1. The maximum atomic E-state index is 11.2. The van der Waals surface area contributed by atoms with E-state index in [1.165, 1.54) is 0 Å². The molecule has 2 N–H and O–H groups in total. The summed E-state index contributed by atoms with van der Waals surface area (Å²) >= 11 is 0. The summed E-state index contributed by atoms with van der Waals surface area (Å²) in [6.07, 6.45) is 0.504. The van der Waals surface area contributed by atoms with Gasteiger partial charge in [-0.3, -0.25) is 4.79 Å². The molecule has 1 atom stereocenters. The largest absolute Gasteiger partial charge is 0.481 e. The van der Waals surface area contributed by atoms with E-state index in [-0.39, 0.29) is 11.8 Å². The maximum absolute atomic E-state index is 11.2. The molecule has 0 bridgehead atoms. The molecule has 0 spiro atoms. The van der Waals surface area contributed by atoms with Crippen LogP contribution in [0.4, 0.5) is 0 Å². The molecule has 1 unspecified atom stereocenters. The molecule has 3 nitrogen and oxygen atoms in total. The molecule has 90 valence electrons. The number of carboxylic acid groups (broad SMARTS) is 1. The summed E-state index contributed by atoms with van der Waals surface area (Å²) in [6, 6.07) is 0. The van der Waals surface area contributed by atoms with Crippen molar-refractivity contribution in [2.75, 3.05) is 0 Å². The lowest BCUT2D eigenvalue weighted by Crippen LogP contribution is -2.54. The SMILES string of the molecule is CC(C)CC(O)(C(C)C)C(C)(C)C(=O)O. The molecule has 0 aliphatic heterocycles. The Hall–Kier alpha value is -0.570. The van der Waals surface area contributed by atoms with Crippen molar-refractivity contribution < 1.29 is 15.0 Å². The topological polar surface area (TPSA) is 57.5 Å². The van der Waals surface area contributed by atoms with Crippen LogP contribution >= 0.6 is 0 Å². The lowest BCUT2D eigenvalue weighted by atomic mass is 9.65. The van der Waals surface area contributed by atoms with E-state index < -0.39 is 17.0 Å². The number of aliphatic carboxylic acids is 1. The van der Waals surface area contributed by atoms with Crippen LogP contribution in [0.5, 0.6) is 0 Å². The van der Waals surface area contributed by atoms with Gasteiger partial charge in [0, 0.05) is 0 Å². The Labute approximate surface area is 92.5 Å². The first-order valence-corrected chi connectivity index (χ1v) is 5.51. The van der Waals surface area contributed by atoms with Crippen molar-refractivity contribution in [1.82, 2.24) is 0 Å². The third-order valence-electron chi connectivity index (χ3n) is 3.29. The molecule has 0 aromatic rings. The summed E-state index contributed by atoms with van der Waals surface area (Å²) in [4.78, 5) is 11.2. The van der Waals surface area contributed by atoms with Crippen LogP contribution in [0.1, 0.15) is 48.0 Å². The van der Waals surface area contributed by atoms with Gasteiger partial charge >= 0.3 is 5.97 Å². The molecule has 0 saturated heterocycles. The first-order chi connectivity index (χ1) is 6.55. The van der Waals surface area contributed by atoms with Crippen molar-refractivity contribution in [1.29, 1.82) is 0 Å². The molecule has 0 aliphatic rings. The number of hydrogen-bond acceptors (Lipinski definition) is 2. The Balaban J connectivity index is 5.19. The van der Waals surface area contributed by atoms with E-state index >= 15 is 0 Å². The van der Waals surface area contributed by atoms with Gasteiger partial charge in [-0.05, 0) is 32.1 Å². The first-order valence-electron chi connectivity index (χ1n) is 5.51. The van der Waals surface area contributed by atoms with Gasteiger partial charge < -0.3 is 10.2 Å². The lowest BCUT2D eigenvalue weighted by Gasteiger charge is -2.44. The zero-order chi connectivity index (χ0) is 12.4. The maximum Gasteiger partial charge on any atom is 0.312 e. The van der Waals surface area contributed by atoms with Crippen molar-refractivity contribution >= 4 is 5.97 Å². The zero-order valence-electron chi connectivity index (χ0n) is 10.7. The van der Waals surface area contributed by atoms with Crippen molar-refractivity contribution in [3.8, 4) is 0 Å². The van der Waals surface area contributed by atoms with Crippen LogP contribution in [-0.4, -0.2) is 21.8 Å². The second kappa shape index (κ2) is 4.52. The predicted molar refractivity (Wildman–Crippen MR) is 60.7 cm³/mol. The van der Waals surface area contributed by atoms with Crippen molar-refractivity contribution in [2.24, 2.45) is 17.3 Å². The average molecular weight is 216 g/mol. The zero-order valence-corrected chi connectivity index (χ0v) is 10.7. The highest BCUT2D eigenvalue weighted by Crippen LogP contribution is 2.41. The van der Waals surface area contributed by atoms with E-state index in [4.69, 9.17) is 0 Å². The van der Waals surface area contributed by atoms with Gasteiger partial charge in [-0.25, -0.2) is 0 Å². The van der Waals surface area contributed by atoms with Crippen molar-refractivity contribution in [3.05, 3.63) is 0 Å². The van der Waals surface area contributed by atoms with Crippen molar-refractivity contribution in [2.45, 2.75) is 53.6 Å². The minimum Gasteiger partial charge on any atom is -0.481 e. The molecule has 0 rings (SSSR count). The van der Waals surface area contributed by atoms with Crippen LogP contribution in [0.2, 0.25) is 0 Å². The third-order valence-corrected chi connectivity index (χ3v) is 3.29. The van der Waals surface area contributed by atoms with Crippen LogP contribution in [0.3, 0.4) is 0 Å². The van der Waals surface area contributed by atoms with Crippen LogP contribution in [-0.2, 0) is 4.79 Å². The fraction of sp³-hybridized carbons (Fsp3) is 0.917. The molecule has 0 saturated carbocycles. The Kier molecular flexibility index (Phi) is 4.35. The highest BCUT2D eigenvalue weighted by molar-refractivity contribution is 5.75. The molecule has 0 aromatic carbocycles. The van der Waals surface area contributed by atoms with Crippen LogP contribution in [0.15, 0.2) is 0 Å². The lowest BCUT2D eigenvalue weighted by molar-refractivity contribution is -0.174. The molecule has 0 amide bonds. The second-order valence-electron chi connectivity index (χ2n) is 5.61. The minimum absolute atomic E-state index is 0.0778. The van der Waals surface area contributed by atoms with E-state index in [2.05, 4.69) is 0 Å². The molecule has 0 fully saturated rings.